The molecular formula is C10H11BrClNO. The Morgan fingerprint density at radius 3 is 2.71 bits per heavy atom. The van der Waals surface area contributed by atoms with Crippen LogP contribution >= 0.6 is 27.5 Å². The molecule has 1 fully saturated rings. The van der Waals surface area contributed by atoms with Crippen LogP contribution in [0.2, 0.25) is 5.02 Å². The van der Waals surface area contributed by atoms with Crippen molar-refractivity contribution in [1.29, 1.82) is 0 Å². The van der Waals surface area contributed by atoms with Gasteiger partial charge in [-0.05, 0) is 52.9 Å². The van der Waals surface area contributed by atoms with Crippen LogP contribution in [0.3, 0.4) is 0 Å². The fraction of sp³-hybridized carbons (Fsp3) is 0.400. The summed E-state index contributed by atoms with van der Waals surface area (Å²) in [6.45, 7) is 0. The molecule has 4 heteroatoms. The van der Waals surface area contributed by atoms with Crippen LogP contribution < -0.4 is 5.73 Å². The SMILES string of the molecule is NC1(Cc2cc(Cl)cc(Br)c2O)CC1. The van der Waals surface area contributed by atoms with Gasteiger partial charge in [0.15, 0.2) is 0 Å². The van der Waals surface area contributed by atoms with Crippen molar-refractivity contribution in [3.8, 4) is 5.75 Å². The first kappa shape index (κ1) is 10.3. The molecule has 1 aromatic rings. The van der Waals surface area contributed by atoms with E-state index in [4.69, 9.17) is 17.3 Å². The Hall–Kier alpha value is -0.250. The van der Waals surface area contributed by atoms with E-state index in [-0.39, 0.29) is 11.3 Å². The van der Waals surface area contributed by atoms with Gasteiger partial charge < -0.3 is 10.8 Å². The van der Waals surface area contributed by atoms with Crippen molar-refractivity contribution in [2.75, 3.05) is 0 Å². The third-order valence-electron chi connectivity index (χ3n) is 2.54. The quantitative estimate of drug-likeness (QED) is 0.872. The summed E-state index contributed by atoms with van der Waals surface area (Å²) in [5.41, 5.74) is 6.69. The average Bonchev–Trinajstić information content (AvgIpc) is 2.79. The Morgan fingerprint density at radius 1 is 1.50 bits per heavy atom. The Labute approximate surface area is 96.2 Å². The van der Waals surface area contributed by atoms with Gasteiger partial charge >= 0.3 is 0 Å². The van der Waals surface area contributed by atoms with Crippen LogP contribution in [0.4, 0.5) is 0 Å². The van der Waals surface area contributed by atoms with Gasteiger partial charge in [-0.3, -0.25) is 0 Å². The van der Waals surface area contributed by atoms with Crippen molar-refractivity contribution in [1.82, 2.24) is 0 Å². The minimum Gasteiger partial charge on any atom is -0.506 e. The molecule has 14 heavy (non-hydrogen) atoms. The maximum absolute atomic E-state index is 9.75. The van der Waals surface area contributed by atoms with Crippen LogP contribution in [0.1, 0.15) is 18.4 Å². The monoisotopic (exact) mass is 275 g/mol. The smallest absolute Gasteiger partial charge is 0.133 e. The molecule has 0 aromatic heterocycles. The summed E-state index contributed by atoms with van der Waals surface area (Å²) < 4.78 is 0.629. The molecule has 2 nitrogen and oxygen atoms in total. The summed E-state index contributed by atoms with van der Waals surface area (Å²) in [5.74, 6) is 0.256. The third-order valence-corrected chi connectivity index (χ3v) is 3.36. The lowest BCUT2D eigenvalue weighted by Gasteiger charge is -2.11. The molecule has 0 heterocycles. The predicted molar refractivity (Wildman–Crippen MR) is 60.7 cm³/mol. The molecule has 3 N–H and O–H groups in total. The summed E-state index contributed by atoms with van der Waals surface area (Å²) in [5, 5.41) is 10.4. The molecule has 0 aliphatic heterocycles. The van der Waals surface area contributed by atoms with Crippen LogP contribution in [-0.2, 0) is 6.42 Å². The molecule has 1 aliphatic carbocycles. The van der Waals surface area contributed by atoms with E-state index in [1.807, 2.05) is 0 Å². The van der Waals surface area contributed by atoms with Gasteiger partial charge in [0.05, 0.1) is 4.47 Å². The molecule has 1 aliphatic rings. The van der Waals surface area contributed by atoms with Crippen molar-refractivity contribution < 1.29 is 5.11 Å². The van der Waals surface area contributed by atoms with E-state index in [1.54, 1.807) is 12.1 Å². The van der Waals surface area contributed by atoms with Gasteiger partial charge in [-0.1, -0.05) is 11.6 Å². The number of phenols is 1. The number of hydrogen-bond donors (Lipinski definition) is 2. The summed E-state index contributed by atoms with van der Waals surface area (Å²) >= 11 is 9.14. The van der Waals surface area contributed by atoms with E-state index in [1.165, 1.54) is 0 Å². The summed E-state index contributed by atoms with van der Waals surface area (Å²) in [6, 6.07) is 3.45. The number of aromatic hydroxyl groups is 1. The first-order valence-electron chi connectivity index (χ1n) is 4.46. The first-order valence-corrected chi connectivity index (χ1v) is 5.63. The zero-order chi connectivity index (χ0) is 10.3. The minimum absolute atomic E-state index is 0.110. The Kier molecular flexibility index (Phi) is 2.50. The van der Waals surface area contributed by atoms with E-state index >= 15 is 0 Å². The maximum Gasteiger partial charge on any atom is 0.133 e. The number of hydrogen-bond acceptors (Lipinski definition) is 2. The van der Waals surface area contributed by atoms with Crippen molar-refractivity contribution in [3.63, 3.8) is 0 Å². The second kappa shape index (κ2) is 3.40. The number of rotatable bonds is 2. The van der Waals surface area contributed by atoms with Crippen LogP contribution in [0.25, 0.3) is 0 Å². The molecule has 0 spiro atoms. The third kappa shape index (κ3) is 2.05. The van der Waals surface area contributed by atoms with Gasteiger partial charge in [0, 0.05) is 10.6 Å². The standard InChI is InChI=1S/C10H11BrClNO/c11-8-4-7(12)3-6(9(8)14)5-10(13)1-2-10/h3-4,14H,1-2,5,13H2. The molecular weight excluding hydrogens is 265 g/mol. The molecule has 0 amide bonds. The molecule has 76 valence electrons. The molecule has 0 unspecified atom stereocenters. The minimum atomic E-state index is -0.110. The zero-order valence-corrected chi connectivity index (χ0v) is 9.90. The van der Waals surface area contributed by atoms with Crippen molar-refractivity contribution in [3.05, 3.63) is 27.2 Å². The lowest BCUT2D eigenvalue weighted by molar-refractivity contribution is 0.460. The first-order chi connectivity index (χ1) is 6.50. The van der Waals surface area contributed by atoms with Gasteiger partial charge in [0.25, 0.3) is 0 Å². The fourth-order valence-corrected chi connectivity index (χ4v) is 2.34. The molecule has 0 saturated heterocycles. The van der Waals surface area contributed by atoms with Gasteiger partial charge in [-0.2, -0.15) is 0 Å². The lowest BCUT2D eigenvalue weighted by atomic mass is 10.0. The summed E-state index contributed by atoms with van der Waals surface area (Å²) in [4.78, 5) is 0. The van der Waals surface area contributed by atoms with Crippen LogP contribution in [-0.4, -0.2) is 10.6 Å². The van der Waals surface area contributed by atoms with Crippen LogP contribution in [0.5, 0.6) is 5.75 Å². The molecule has 0 bridgehead atoms. The van der Waals surface area contributed by atoms with E-state index < -0.39 is 0 Å². The Morgan fingerprint density at radius 2 is 2.14 bits per heavy atom. The number of halogens is 2. The Balaban J connectivity index is 2.32. The van der Waals surface area contributed by atoms with Crippen molar-refractivity contribution in [2.45, 2.75) is 24.8 Å². The second-order valence-electron chi connectivity index (χ2n) is 3.93. The van der Waals surface area contributed by atoms with Crippen LogP contribution in [0.15, 0.2) is 16.6 Å². The van der Waals surface area contributed by atoms with Crippen LogP contribution in [0, 0.1) is 0 Å². The van der Waals surface area contributed by atoms with Crippen molar-refractivity contribution >= 4 is 27.5 Å². The summed E-state index contributed by atoms with van der Waals surface area (Å²) in [7, 11) is 0. The van der Waals surface area contributed by atoms with E-state index in [9.17, 15) is 5.11 Å². The molecule has 2 rings (SSSR count). The normalized spacial score (nSPS) is 18.2. The topological polar surface area (TPSA) is 46.2 Å². The number of benzene rings is 1. The van der Waals surface area contributed by atoms with E-state index in [2.05, 4.69) is 15.9 Å². The highest BCUT2D eigenvalue weighted by atomic mass is 79.9. The number of nitrogens with two attached hydrogens (primary N) is 1. The molecule has 1 aromatic carbocycles. The largest absolute Gasteiger partial charge is 0.506 e. The molecule has 0 radical (unpaired) electrons. The Bertz CT molecular complexity index is 377. The highest BCUT2D eigenvalue weighted by Gasteiger charge is 2.38. The highest BCUT2D eigenvalue weighted by molar-refractivity contribution is 9.10. The van der Waals surface area contributed by atoms with Gasteiger partial charge in [-0.25, -0.2) is 0 Å². The lowest BCUT2D eigenvalue weighted by Crippen LogP contribution is -2.24. The summed E-state index contributed by atoms with van der Waals surface area (Å²) in [6.07, 6.45) is 2.74. The van der Waals surface area contributed by atoms with Gasteiger partial charge in [0.1, 0.15) is 5.75 Å². The zero-order valence-electron chi connectivity index (χ0n) is 7.56. The van der Waals surface area contributed by atoms with Crippen molar-refractivity contribution in [2.24, 2.45) is 5.73 Å². The maximum atomic E-state index is 9.75. The van der Waals surface area contributed by atoms with E-state index in [0.717, 1.165) is 18.4 Å². The fourth-order valence-electron chi connectivity index (χ4n) is 1.47. The van der Waals surface area contributed by atoms with E-state index in [0.29, 0.717) is 15.9 Å². The molecule has 1 saturated carbocycles. The average molecular weight is 277 g/mol. The predicted octanol–water partition coefficient (Wildman–Crippen LogP) is 2.84. The number of phenolic OH excluding ortho intramolecular Hbond substituents is 1. The van der Waals surface area contributed by atoms with Gasteiger partial charge in [-0.15, -0.1) is 0 Å². The second-order valence-corrected chi connectivity index (χ2v) is 5.23. The molecule has 0 atom stereocenters. The van der Waals surface area contributed by atoms with Gasteiger partial charge in [0.2, 0.25) is 0 Å². The highest BCUT2D eigenvalue weighted by Crippen LogP contribution is 2.40.